The molecule has 0 radical (unpaired) electrons. The minimum atomic E-state index is -2.87. The van der Waals surface area contributed by atoms with Gasteiger partial charge in [0, 0.05) is 7.11 Å². The molecule has 1 heterocycles. The van der Waals surface area contributed by atoms with Gasteiger partial charge < -0.3 is 4.74 Å². The maximum atomic E-state index is 11.5. The molecule has 4 heteroatoms. The Kier molecular flexibility index (Phi) is 2.78. The molecule has 0 bridgehead atoms. The van der Waals surface area contributed by atoms with Crippen molar-refractivity contribution in [2.24, 2.45) is 5.92 Å². The van der Waals surface area contributed by atoms with Gasteiger partial charge >= 0.3 is 0 Å². The molecule has 3 nitrogen and oxygen atoms in total. The van der Waals surface area contributed by atoms with Gasteiger partial charge in [-0.05, 0) is 12.3 Å². The number of sulfone groups is 1. The normalized spacial score (nSPS) is 34.3. The quantitative estimate of drug-likeness (QED) is 0.651. The van der Waals surface area contributed by atoms with Gasteiger partial charge in [-0.1, -0.05) is 13.8 Å². The van der Waals surface area contributed by atoms with E-state index in [-0.39, 0.29) is 23.0 Å². The van der Waals surface area contributed by atoms with Gasteiger partial charge in [0.2, 0.25) is 0 Å². The SMILES string of the molecule is COC1CCS(=O)(=O)C1C(C)C. The van der Waals surface area contributed by atoms with Crippen LogP contribution in [-0.2, 0) is 14.6 Å². The highest BCUT2D eigenvalue weighted by molar-refractivity contribution is 7.92. The number of ether oxygens (including phenoxy) is 1. The predicted molar refractivity (Wildman–Crippen MR) is 47.8 cm³/mol. The summed E-state index contributed by atoms with van der Waals surface area (Å²) in [6.07, 6.45) is 0.566. The molecule has 1 rings (SSSR count). The van der Waals surface area contributed by atoms with E-state index in [1.165, 1.54) is 0 Å². The fourth-order valence-corrected chi connectivity index (χ4v) is 4.28. The molecule has 0 aromatic carbocycles. The third-order valence-corrected chi connectivity index (χ3v) is 4.91. The zero-order valence-corrected chi connectivity index (χ0v) is 8.60. The average Bonchev–Trinajstić information content (AvgIpc) is 2.24. The van der Waals surface area contributed by atoms with Crippen LogP contribution in [0.1, 0.15) is 20.3 Å². The Morgan fingerprint density at radius 2 is 2.00 bits per heavy atom. The zero-order valence-electron chi connectivity index (χ0n) is 7.78. The van der Waals surface area contributed by atoms with Crippen LogP contribution in [0, 0.1) is 5.92 Å². The molecule has 0 aromatic rings. The van der Waals surface area contributed by atoms with Crippen LogP contribution >= 0.6 is 0 Å². The molecule has 1 saturated heterocycles. The predicted octanol–water partition coefficient (Wildman–Crippen LogP) is 0.845. The van der Waals surface area contributed by atoms with Crippen LogP contribution < -0.4 is 0 Å². The zero-order chi connectivity index (χ0) is 9.35. The summed E-state index contributed by atoms with van der Waals surface area (Å²) >= 11 is 0. The molecule has 0 saturated carbocycles. The van der Waals surface area contributed by atoms with Gasteiger partial charge in [0.25, 0.3) is 0 Å². The monoisotopic (exact) mass is 192 g/mol. The number of hydrogen-bond acceptors (Lipinski definition) is 3. The Morgan fingerprint density at radius 3 is 2.33 bits per heavy atom. The Bertz CT molecular complexity index is 243. The number of hydrogen-bond donors (Lipinski definition) is 0. The van der Waals surface area contributed by atoms with Gasteiger partial charge in [0.05, 0.1) is 17.1 Å². The highest BCUT2D eigenvalue weighted by Crippen LogP contribution is 2.28. The molecule has 0 spiro atoms. The summed E-state index contributed by atoms with van der Waals surface area (Å²) in [5.74, 6) is 0.441. The molecule has 2 atom stereocenters. The molecular formula is C8H16O3S. The lowest BCUT2D eigenvalue weighted by molar-refractivity contribution is 0.0930. The Morgan fingerprint density at radius 1 is 1.42 bits per heavy atom. The van der Waals surface area contributed by atoms with E-state index in [1.807, 2.05) is 13.8 Å². The molecule has 72 valence electrons. The largest absolute Gasteiger partial charge is 0.380 e. The van der Waals surface area contributed by atoms with Gasteiger partial charge in [-0.15, -0.1) is 0 Å². The first kappa shape index (κ1) is 9.99. The molecule has 12 heavy (non-hydrogen) atoms. The van der Waals surface area contributed by atoms with Crippen molar-refractivity contribution >= 4 is 9.84 Å². The van der Waals surface area contributed by atoms with E-state index in [4.69, 9.17) is 4.74 Å². The van der Waals surface area contributed by atoms with E-state index < -0.39 is 9.84 Å². The van der Waals surface area contributed by atoms with E-state index in [2.05, 4.69) is 0 Å². The topological polar surface area (TPSA) is 43.4 Å². The molecule has 1 fully saturated rings. The van der Waals surface area contributed by atoms with Gasteiger partial charge in [-0.2, -0.15) is 0 Å². The first-order valence-corrected chi connectivity index (χ1v) is 5.95. The Labute approximate surface area is 74.0 Å². The van der Waals surface area contributed by atoms with Crippen molar-refractivity contribution in [1.82, 2.24) is 0 Å². The molecule has 0 aliphatic carbocycles. The molecule has 0 amide bonds. The van der Waals surface area contributed by atoms with Crippen LogP contribution in [0.2, 0.25) is 0 Å². The standard InChI is InChI=1S/C8H16O3S/c1-6(2)8-7(11-3)4-5-12(8,9)10/h6-8H,4-5H2,1-3H3. The smallest absolute Gasteiger partial charge is 0.156 e. The summed E-state index contributed by atoms with van der Waals surface area (Å²) < 4.78 is 28.1. The maximum absolute atomic E-state index is 11.5. The second-order valence-electron chi connectivity index (χ2n) is 3.64. The summed E-state index contributed by atoms with van der Waals surface area (Å²) in [5, 5.41) is -0.289. The van der Waals surface area contributed by atoms with E-state index in [1.54, 1.807) is 7.11 Å². The van der Waals surface area contributed by atoms with Crippen molar-refractivity contribution in [2.75, 3.05) is 12.9 Å². The van der Waals surface area contributed by atoms with Crippen molar-refractivity contribution in [3.05, 3.63) is 0 Å². The second kappa shape index (κ2) is 3.34. The van der Waals surface area contributed by atoms with Gasteiger partial charge in [0.1, 0.15) is 0 Å². The highest BCUT2D eigenvalue weighted by atomic mass is 32.2. The van der Waals surface area contributed by atoms with Crippen molar-refractivity contribution in [3.8, 4) is 0 Å². The lowest BCUT2D eigenvalue weighted by atomic mass is 10.0. The van der Waals surface area contributed by atoms with Crippen LogP contribution in [0.25, 0.3) is 0 Å². The van der Waals surface area contributed by atoms with Crippen LogP contribution in [0.5, 0.6) is 0 Å². The lowest BCUT2D eigenvalue weighted by Gasteiger charge is -2.20. The van der Waals surface area contributed by atoms with E-state index >= 15 is 0 Å². The minimum absolute atomic E-state index is 0.0880. The van der Waals surface area contributed by atoms with Crippen molar-refractivity contribution in [3.63, 3.8) is 0 Å². The Balaban J connectivity index is 2.88. The summed E-state index contributed by atoms with van der Waals surface area (Å²) in [6.45, 7) is 3.86. The van der Waals surface area contributed by atoms with E-state index in [0.29, 0.717) is 6.42 Å². The van der Waals surface area contributed by atoms with Gasteiger partial charge in [-0.3, -0.25) is 0 Å². The third kappa shape index (κ3) is 1.64. The van der Waals surface area contributed by atoms with Crippen LogP contribution in [-0.4, -0.2) is 32.6 Å². The average molecular weight is 192 g/mol. The fraction of sp³-hybridized carbons (Fsp3) is 1.00. The molecule has 1 aliphatic rings. The molecule has 2 unspecified atom stereocenters. The first-order valence-electron chi connectivity index (χ1n) is 4.23. The van der Waals surface area contributed by atoms with Crippen molar-refractivity contribution in [2.45, 2.75) is 31.6 Å². The molecule has 0 N–H and O–H groups in total. The van der Waals surface area contributed by atoms with Gasteiger partial charge in [0.15, 0.2) is 9.84 Å². The number of methoxy groups -OCH3 is 1. The van der Waals surface area contributed by atoms with E-state index in [9.17, 15) is 8.42 Å². The fourth-order valence-electron chi connectivity index (χ4n) is 1.91. The lowest BCUT2D eigenvalue weighted by Crippen LogP contribution is -2.32. The Hall–Kier alpha value is -0.0900. The van der Waals surface area contributed by atoms with Crippen LogP contribution in [0.15, 0.2) is 0 Å². The summed E-state index contributed by atoms with van der Waals surface area (Å²) in [4.78, 5) is 0. The number of rotatable bonds is 2. The van der Waals surface area contributed by atoms with Crippen molar-refractivity contribution in [1.29, 1.82) is 0 Å². The molecule has 1 aliphatic heterocycles. The third-order valence-electron chi connectivity index (χ3n) is 2.43. The van der Waals surface area contributed by atoms with Crippen LogP contribution in [0.3, 0.4) is 0 Å². The summed E-state index contributed by atoms with van der Waals surface area (Å²) in [7, 11) is -1.29. The summed E-state index contributed by atoms with van der Waals surface area (Å²) in [5.41, 5.74) is 0. The maximum Gasteiger partial charge on any atom is 0.156 e. The summed E-state index contributed by atoms with van der Waals surface area (Å²) in [6, 6.07) is 0. The van der Waals surface area contributed by atoms with E-state index in [0.717, 1.165) is 0 Å². The van der Waals surface area contributed by atoms with Gasteiger partial charge in [-0.25, -0.2) is 8.42 Å². The minimum Gasteiger partial charge on any atom is -0.380 e. The molecule has 0 aromatic heterocycles. The first-order chi connectivity index (χ1) is 5.49. The molecular weight excluding hydrogens is 176 g/mol. The highest BCUT2D eigenvalue weighted by Gasteiger charge is 2.42. The second-order valence-corrected chi connectivity index (χ2v) is 5.92. The van der Waals surface area contributed by atoms with Crippen molar-refractivity contribution < 1.29 is 13.2 Å². The van der Waals surface area contributed by atoms with Crippen LogP contribution in [0.4, 0.5) is 0 Å².